The normalized spacial score (nSPS) is 13.6. The smallest absolute Gasteiger partial charge is 0.373 e. The van der Waals surface area contributed by atoms with Gasteiger partial charge in [-0.1, -0.05) is 46.4 Å². The lowest BCUT2D eigenvalue weighted by Gasteiger charge is -2.06. The van der Waals surface area contributed by atoms with Crippen LogP contribution in [0.1, 0.15) is 0 Å². The van der Waals surface area contributed by atoms with Crippen LogP contribution in [0.25, 0.3) is 11.1 Å². The van der Waals surface area contributed by atoms with Gasteiger partial charge in [0.25, 0.3) is 0 Å². The first-order valence-corrected chi connectivity index (χ1v) is 10.3. The first kappa shape index (κ1) is 19.0. The lowest BCUT2D eigenvalue weighted by molar-refractivity contribution is 0.505. The van der Waals surface area contributed by atoms with Gasteiger partial charge in [-0.3, -0.25) is 0 Å². The Morgan fingerprint density at radius 2 is 1.26 bits per heavy atom. The lowest BCUT2D eigenvalue weighted by atomic mass is 10.1. The lowest BCUT2D eigenvalue weighted by Crippen LogP contribution is -2.01. The van der Waals surface area contributed by atoms with Crippen molar-refractivity contribution in [3.8, 4) is 16.9 Å². The number of hydrogen-bond donors (Lipinski definition) is 0. The van der Waals surface area contributed by atoms with Crippen molar-refractivity contribution < 1.29 is 24.6 Å². The van der Waals surface area contributed by atoms with Crippen LogP contribution < -0.4 is 4.18 Å². The quantitative estimate of drug-likeness (QED) is 0.557. The number of benzene rings is 3. The van der Waals surface area contributed by atoms with E-state index in [1.165, 1.54) is 12.1 Å². The molecule has 0 aliphatic heterocycles. The van der Waals surface area contributed by atoms with Gasteiger partial charge in [-0.25, -0.2) is 0 Å². The van der Waals surface area contributed by atoms with Crippen LogP contribution in [-0.4, -0.2) is 12.6 Å². The van der Waals surface area contributed by atoms with Crippen molar-refractivity contribution in [3.63, 3.8) is 0 Å². The van der Waals surface area contributed by atoms with Crippen LogP contribution in [-0.2, 0) is 20.6 Å². The summed E-state index contributed by atoms with van der Waals surface area (Å²) in [5, 5.41) is 0. The highest BCUT2D eigenvalue weighted by Gasteiger charge is 2.13. The van der Waals surface area contributed by atoms with E-state index < -0.39 is 25.5 Å². The van der Waals surface area contributed by atoms with Crippen LogP contribution in [0.4, 0.5) is 13.5 Å². The Kier molecular flexibility index (Phi) is 5.24. The van der Waals surface area contributed by atoms with Gasteiger partial charge in [0.05, 0.1) is 10.6 Å². The van der Waals surface area contributed by atoms with Gasteiger partial charge < -0.3 is 4.18 Å². The maximum atomic E-state index is 14.2. The van der Waals surface area contributed by atoms with Crippen LogP contribution in [0.15, 0.2) is 88.1 Å². The molecule has 0 aromatic heterocycles. The summed E-state index contributed by atoms with van der Waals surface area (Å²) in [6, 6.07) is 19.6. The monoisotopic (exact) mass is 409 g/mol. The minimum absolute atomic E-state index is 0.00823. The molecule has 0 aliphatic carbocycles. The average molecular weight is 409 g/mol. The predicted octanol–water partition coefficient (Wildman–Crippen LogP) is 4.99. The molecule has 3 aromatic carbocycles. The molecule has 140 valence electrons. The third kappa shape index (κ3) is 5.11. The van der Waals surface area contributed by atoms with Crippen LogP contribution in [0, 0.1) is 0 Å². The molecule has 1 atom stereocenters. The van der Waals surface area contributed by atoms with Gasteiger partial charge in [0.15, 0.2) is 0 Å². The molecule has 0 bridgehead atoms. The Balaban J connectivity index is 1.79. The molecule has 0 radical (unpaired) electrons. The Bertz CT molecular complexity index is 1150. The van der Waals surface area contributed by atoms with Crippen molar-refractivity contribution in [2.75, 3.05) is 0 Å². The van der Waals surface area contributed by atoms with E-state index in [2.05, 4.69) is 4.36 Å². The second-order valence-electron chi connectivity index (χ2n) is 5.41. The van der Waals surface area contributed by atoms with Crippen molar-refractivity contribution in [1.29, 1.82) is 0 Å². The fraction of sp³-hybridized carbons (Fsp3) is 0. The van der Waals surface area contributed by atoms with E-state index in [-0.39, 0.29) is 11.4 Å². The summed E-state index contributed by atoms with van der Waals surface area (Å²) in [6.45, 7) is 0. The number of hydrogen-bond acceptors (Lipinski definition) is 5. The standard InChI is InChI=1S/C18H13F2NO4S2/c19-26(22,23)18-12-8-16(9-13-18)21-27(20,24)25-17-10-6-15(7-11-17)14-4-2-1-3-5-14/h1-13H. The molecule has 3 aromatic rings. The molecule has 0 saturated heterocycles. The van der Waals surface area contributed by atoms with Gasteiger partial charge in [-0.2, -0.15) is 12.6 Å². The van der Waals surface area contributed by atoms with Gasteiger partial charge >= 0.3 is 20.6 Å². The van der Waals surface area contributed by atoms with E-state index in [1.54, 1.807) is 12.1 Å². The van der Waals surface area contributed by atoms with Gasteiger partial charge in [-0.05, 0) is 47.5 Å². The van der Waals surface area contributed by atoms with Gasteiger partial charge in [0.2, 0.25) is 0 Å². The summed E-state index contributed by atoms with van der Waals surface area (Å²) in [6.07, 6.45) is 0. The molecule has 9 heteroatoms. The Labute approximate surface area is 156 Å². The highest BCUT2D eigenvalue weighted by Crippen LogP contribution is 2.25. The Morgan fingerprint density at radius 1 is 0.704 bits per heavy atom. The molecule has 0 heterocycles. The maximum absolute atomic E-state index is 14.2. The molecular weight excluding hydrogens is 396 g/mol. The largest absolute Gasteiger partial charge is 0.382 e. The van der Waals surface area contributed by atoms with E-state index in [9.17, 15) is 20.4 Å². The molecule has 5 nitrogen and oxygen atoms in total. The van der Waals surface area contributed by atoms with Gasteiger partial charge in [0, 0.05) is 0 Å². The summed E-state index contributed by atoms with van der Waals surface area (Å²) in [7, 11) is -9.46. The predicted molar refractivity (Wildman–Crippen MR) is 98.6 cm³/mol. The van der Waals surface area contributed by atoms with Crippen molar-refractivity contribution in [2.45, 2.75) is 4.90 Å². The second kappa shape index (κ2) is 7.45. The van der Waals surface area contributed by atoms with E-state index in [4.69, 9.17) is 4.18 Å². The molecule has 0 fully saturated rings. The molecule has 0 spiro atoms. The minimum Gasteiger partial charge on any atom is -0.373 e. The topological polar surface area (TPSA) is 72.8 Å². The minimum atomic E-state index is -4.88. The maximum Gasteiger partial charge on any atom is 0.382 e. The Morgan fingerprint density at radius 3 is 1.81 bits per heavy atom. The highest BCUT2D eigenvalue weighted by atomic mass is 32.3. The summed E-state index contributed by atoms with van der Waals surface area (Å²) in [5.74, 6) is 0.00823. The zero-order valence-electron chi connectivity index (χ0n) is 13.7. The SMILES string of the molecule is O=S(=O)(F)c1ccc(N=S(=O)(F)Oc2ccc(-c3ccccc3)cc2)cc1. The molecule has 1 unspecified atom stereocenters. The fourth-order valence-electron chi connectivity index (χ4n) is 2.27. The zero-order chi connectivity index (χ0) is 19.5. The van der Waals surface area contributed by atoms with E-state index >= 15 is 0 Å². The van der Waals surface area contributed by atoms with Crippen molar-refractivity contribution >= 4 is 26.3 Å². The number of rotatable bonds is 5. The zero-order valence-corrected chi connectivity index (χ0v) is 15.3. The third-order valence-electron chi connectivity index (χ3n) is 3.49. The van der Waals surface area contributed by atoms with Crippen molar-refractivity contribution in [2.24, 2.45) is 4.36 Å². The summed E-state index contributed by atoms with van der Waals surface area (Å²) in [4.78, 5) is -0.607. The first-order valence-electron chi connectivity index (χ1n) is 7.59. The van der Waals surface area contributed by atoms with Gasteiger partial charge in [-0.15, -0.1) is 8.25 Å². The van der Waals surface area contributed by atoms with E-state index in [0.717, 1.165) is 35.4 Å². The highest BCUT2D eigenvalue weighted by molar-refractivity contribution is 7.86. The van der Waals surface area contributed by atoms with Crippen LogP contribution in [0.5, 0.6) is 5.75 Å². The molecule has 0 saturated carbocycles. The summed E-state index contributed by atoms with van der Waals surface area (Å²) in [5.41, 5.74) is 1.67. The Hall–Kier alpha value is -2.78. The summed E-state index contributed by atoms with van der Waals surface area (Å²) >= 11 is 0. The van der Waals surface area contributed by atoms with Crippen LogP contribution >= 0.6 is 0 Å². The summed E-state index contributed by atoms with van der Waals surface area (Å²) < 4.78 is 68.5. The van der Waals surface area contributed by atoms with Gasteiger partial charge in [0.1, 0.15) is 5.75 Å². The second-order valence-corrected chi connectivity index (χ2v) is 7.93. The van der Waals surface area contributed by atoms with Crippen LogP contribution in [0.2, 0.25) is 0 Å². The number of halogens is 2. The van der Waals surface area contributed by atoms with Crippen LogP contribution in [0.3, 0.4) is 0 Å². The molecule has 3 rings (SSSR count). The molecule has 27 heavy (non-hydrogen) atoms. The molecule has 0 N–H and O–H groups in total. The number of nitrogens with zero attached hydrogens (tertiary/aromatic N) is 1. The van der Waals surface area contributed by atoms with E-state index in [0.29, 0.717) is 0 Å². The van der Waals surface area contributed by atoms with E-state index in [1.807, 2.05) is 30.3 Å². The average Bonchev–Trinajstić information content (AvgIpc) is 2.62. The molecule has 0 amide bonds. The molecular formula is C18H13F2NO4S2. The van der Waals surface area contributed by atoms with Crippen molar-refractivity contribution in [3.05, 3.63) is 78.9 Å². The van der Waals surface area contributed by atoms with Crippen molar-refractivity contribution in [1.82, 2.24) is 0 Å². The third-order valence-corrected chi connectivity index (χ3v) is 5.16. The first-order chi connectivity index (χ1) is 12.7. The fourth-order valence-corrected chi connectivity index (χ4v) is 3.49. The molecule has 0 aliphatic rings.